The van der Waals surface area contributed by atoms with E-state index in [4.69, 9.17) is 0 Å². The largest absolute Gasteiger partial charge is 0.370 e. The molecule has 3 nitrogen and oxygen atoms in total. The molecule has 0 bridgehead atoms. The van der Waals surface area contributed by atoms with Crippen molar-refractivity contribution >= 4 is 11.6 Å². The fourth-order valence-corrected chi connectivity index (χ4v) is 1.76. The first-order chi connectivity index (χ1) is 7.38. The highest BCUT2D eigenvalue weighted by Crippen LogP contribution is 2.26. The second-order valence-corrected chi connectivity index (χ2v) is 4.12. The average molecular weight is 205 g/mol. The normalized spacial score (nSPS) is 15.8. The maximum Gasteiger partial charge on any atom is 0.128 e. The van der Waals surface area contributed by atoms with Crippen LogP contribution in [-0.4, -0.2) is 18.1 Å². The van der Waals surface area contributed by atoms with Gasteiger partial charge in [-0.05, 0) is 37.8 Å². The molecule has 1 aromatic heterocycles. The molecule has 1 aromatic rings. The standard InChI is InChI=1S/C12H19N3/c1-2-13-11-7-4-8-12(15-11)14-9-10-5-3-6-10/h4,7-8,10H,2-3,5-6,9H2,1H3,(H2,13,14,15). The van der Waals surface area contributed by atoms with Crippen LogP contribution in [0.3, 0.4) is 0 Å². The Morgan fingerprint density at radius 3 is 2.60 bits per heavy atom. The molecule has 0 amide bonds. The topological polar surface area (TPSA) is 37.0 Å². The van der Waals surface area contributed by atoms with E-state index in [-0.39, 0.29) is 0 Å². The van der Waals surface area contributed by atoms with Crippen LogP contribution in [0.25, 0.3) is 0 Å². The third-order valence-electron chi connectivity index (χ3n) is 2.90. The van der Waals surface area contributed by atoms with Gasteiger partial charge in [-0.25, -0.2) is 4.98 Å². The molecule has 0 radical (unpaired) electrons. The zero-order valence-electron chi connectivity index (χ0n) is 9.29. The van der Waals surface area contributed by atoms with E-state index in [0.29, 0.717) is 0 Å². The summed E-state index contributed by atoms with van der Waals surface area (Å²) in [5, 5.41) is 6.61. The summed E-state index contributed by atoms with van der Waals surface area (Å²) >= 11 is 0. The highest BCUT2D eigenvalue weighted by Gasteiger charge is 2.16. The van der Waals surface area contributed by atoms with E-state index in [2.05, 4.69) is 22.5 Å². The van der Waals surface area contributed by atoms with Crippen LogP contribution < -0.4 is 10.6 Å². The van der Waals surface area contributed by atoms with E-state index in [1.807, 2.05) is 18.2 Å². The zero-order valence-corrected chi connectivity index (χ0v) is 9.29. The van der Waals surface area contributed by atoms with Crippen molar-refractivity contribution < 1.29 is 0 Å². The highest BCUT2D eigenvalue weighted by molar-refractivity contribution is 5.44. The number of hydrogen-bond acceptors (Lipinski definition) is 3. The Morgan fingerprint density at radius 2 is 2.00 bits per heavy atom. The van der Waals surface area contributed by atoms with Crippen LogP contribution >= 0.6 is 0 Å². The predicted molar refractivity (Wildman–Crippen MR) is 64.2 cm³/mol. The lowest BCUT2D eigenvalue weighted by molar-refractivity contribution is 0.333. The molecule has 0 atom stereocenters. The minimum absolute atomic E-state index is 0.870. The summed E-state index contributed by atoms with van der Waals surface area (Å²) in [7, 11) is 0. The molecule has 0 aliphatic heterocycles. The van der Waals surface area contributed by atoms with Gasteiger partial charge in [-0.3, -0.25) is 0 Å². The summed E-state index contributed by atoms with van der Waals surface area (Å²) in [4.78, 5) is 4.47. The molecular weight excluding hydrogens is 186 g/mol. The lowest BCUT2D eigenvalue weighted by Gasteiger charge is -2.25. The van der Waals surface area contributed by atoms with Crippen LogP contribution in [0.15, 0.2) is 18.2 Å². The zero-order chi connectivity index (χ0) is 10.5. The molecule has 1 aliphatic rings. The summed E-state index contributed by atoms with van der Waals surface area (Å²) in [5.41, 5.74) is 0. The SMILES string of the molecule is CCNc1cccc(NCC2CCC2)n1. The number of rotatable bonds is 5. The summed E-state index contributed by atoms with van der Waals surface area (Å²) in [6.07, 6.45) is 4.15. The van der Waals surface area contributed by atoms with Crippen molar-refractivity contribution in [2.45, 2.75) is 26.2 Å². The Labute approximate surface area is 91.3 Å². The minimum atomic E-state index is 0.870. The maximum atomic E-state index is 4.47. The van der Waals surface area contributed by atoms with Crippen molar-refractivity contribution in [3.8, 4) is 0 Å². The number of anilines is 2. The first kappa shape index (κ1) is 10.3. The maximum absolute atomic E-state index is 4.47. The van der Waals surface area contributed by atoms with E-state index in [1.165, 1.54) is 19.3 Å². The number of nitrogens with one attached hydrogen (secondary N) is 2. The Bertz CT molecular complexity index is 307. The van der Waals surface area contributed by atoms with Crippen molar-refractivity contribution in [3.05, 3.63) is 18.2 Å². The Balaban J connectivity index is 1.86. The van der Waals surface area contributed by atoms with Crippen molar-refractivity contribution in [1.82, 2.24) is 4.98 Å². The van der Waals surface area contributed by atoms with Gasteiger partial charge < -0.3 is 10.6 Å². The molecule has 2 N–H and O–H groups in total. The lowest BCUT2D eigenvalue weighted by atomic mass is 9.85. The molecule has 3 heteroatoms. The molecule has 1 aliphatic carbocycles. The monoisotopic (exact) mass is 205 g/mol. The molecule has 15 heavy (non-hydrogen) atoms. The molecule has 1 saturated carbocycles. The van der Waals surface area contributed by atoms with Crippen molar-refractivity contribution in [3.63, 3.8) is 0 Å². The number of pyridine rings is 1. The van der Waals surface area contributed by atoms with Gasteiger partial charge in [-0.15, -0.1) is 0 Å². The van der Waals surface area contributed by atoms with E-state index >= 15 is 0 Å². The quantitative estimate of drug-likeness (QED) is 0.776. The number of nitrogens with zero attached hydrogens (tertiary/aromatic N) is 1. The van der Waals surface area contributed by atoms with Gasteiger partial charge >= 0.3 is 0 Å². The second kappa shape index (κ2) is 5.01. The van der Waals surface area contributed by atoms with Gasteiger partial charge in [0.2, 0.25) is 0 Å². The van der Waals surface area contributed by atoms with Gasteiger partial charge in [0.15, 0.2) is 0 Å². The van der Waals surface area contributed by atoms with Crippen LogP contribution in [0.4, 0.5) is 11.6 Å². The molecule has 1 heterocycles. The molecule has 0 saturated heterocycles. The average Bonchev–Trinajstić information content (AvgIpc) is 2.16. The van der Waals surface area contributed by atoms with Gasteiger partial charge in [0.1, 0.15) is 11.6 Å². The van der Waals surface area contributed by atoms with E-state index in [9.17, 15) is 0 Å². The van der Waals surface area contributed by atoms with Crippen LogP contribution in [0.2, 0.25) is 0 Å². The Hall–Kier alpha value is -1.25. The second-order valence-electron chi connectivity index (χ2n) is 4.12. The van der Waals surface area contributed by atoms with Crippen molar-refractivity contribution in [1.29, 1.82) is 0 Å². The van der Waals surface area contributed by atoms with Gasteiger partial charge in [-0.2, -0.15) is 0 Å². The Kier molecular flexibility index (Phi) is 3.43. The summed E-state index contributed by atoms with van der Waals surface area (Å²) in [6, 6.07) is 6.06. The fourth-order valence-electron chi connectivity index (χ4n) is 1.76. The van der Waals surface area contributed by atoms with Gasteiger partial charge in [0, 0.05) is 13.1 Å². The van der Waals surface area contributed by atoms with Crippen LogP contribution in [0.5, 0.6) is 0 Å². The van der Waals surface area contributed by atoms with E-state index < -0.39 is 0 Å². The van der Waals surface area contributed by atoms with Gasteiger partial charge in [0.25, 0.3) is 0 Å². The molecule has 1 fully saturated rings. The fraction of sp³-hybridized carbons (Fsp3) is 0.583. The molecular formula is C12H19N3. The Morgan fingerprint density at radius 1 is 1.27 bits per heavy atom. The number of aromatic nitrogens is 1. The lowest BCUT2D eigenvalue weighted by Crippen LogP contribution is -2.21. The first-order valence-corrected chi connectivity index (χ1v) is 5.83. The smallest absolute Gasteiger partial charge is 0.128 e. The van der Waals surface area contributed by atoms with Crippen LogP contribution in [-0.2, 0) is 0 Å². The van der Waals surface area contributed by atoms with Crippen LogP contribution in [0.1, 0.15) is 26.2 Å². The van der Waals surface area contributed by atoms with Gasteiger partial charge in [0.05, 0.1) is 0 Å². The molecule has 82 valence electrons. The molecule has 0 aromatic carbocycles. The van der Waals surface area contributed by atoms with Crippen molar-refractivity contribution in [2.75, 3.05) is 23.7 Å². The van der Waals surface area contributed by atoms with Crippen LogP contribution in [0, 0.1) is 5.92 Å². The third-order valence-corrected chi connectivity index (χ3v) is 2.90. The molecule has 0 unspecified atom stereocenters. The van der Waals surface area contributed by atoms with E-state index in [0.717, 1.165) is 30.6 Å². The van der Waals surface area contributed by atoms with E-state index in [1.54, 1.807) is 0 Å². The third kappa shape index (κ3) is 2.85. The molecule has 2 rings (SSSR count). The molecule has 0 spiro atoms. The summed E-state index contributed by atoms with van der Waals surface area (Å²) in [5.74, 6) is 2.81. The minimum Gasteiger partial charge on any atom is -0.370 e. The van der Waals surface area contributed by atoms with Gasteiger partial charge in [-0.1, -0.05) is 12.5 Å². The first-order valence-electron chi connectivity index (χ1n) is 5.83. The van der Waals surface area contributed by atoms with Crippen molar-refractivity contribution in [2.24, 2.45) is 5.92 Å². The predicted octanol–water partition coefficient (Wildman–Crippen LogP) is 2.73. The number of hydrogen-bond donors (Lipinski definition) is 2. The summed E-state index contributed by atoms with van der Waals surface area (Å²) < 4.78 is 0. The summed E-state index contributed by atoms with van der Waals surface area (Å²) in [6.45, 7) is 4.07. The highest BCUT2D eigenvalue weighted by atomic mass is 15.1.